The average Bonchev–Trinajstić information content (AvgIpc) is 3.69. The van der Waals surface area contributed by atoms with Crippen molar-refractivity contribution in [2.24, 2.45) is 23.2 Å². The molecular formula is C36H49N3O8. The van der Waals surface area contributed by atoms with Crippen molar-refractivity contribution in [1.82, 2.24) is 10.4 Å². The Kier molecular flexibility index (Phi) is 9.57. The molecule has 2 heterocycles. The zero-order valence-electron chi connectivity index (χ0n) is 27.8. The van der Waals surface area contributed by atoms with Gasteiger partial charge >= 0.3 is 5.97 Å². The molecule has 5 fully saturated rings. The topological polar surface area (TPSA) is 152 Å². The van der Waals surface area contributed by atoms with Crippen LogP contribution in [0.3, 0.4) is 0 Å². The molecule has 11 nitrogen and oxygen atoms in total. The number of rotatable bonds is 11. The molecule has 1 amide bonds. The van der Waals surface area contributed by atoms with E-state index in [0.717, 1.165) is 37.9 Å². The number of anilines is 1. The van der Waals surface area contributed by atoms with E-state index in [0.29, 0.717) is 39.7 Å². The lowest BCUT2D eigenvalue weighted by molar-refractivity contribution is -0.182. The van der Waals surface area contributed by atoms with Crippen molar-refractivity contribution in [2.45, 2.75) is 89.8 Å². The van der Waals surface area contributed by atoms with Crippen LogP contribution >= 0.6 is 0 Å². The van der Waals surface area contributed by atoms with E-state index in [2.05, 4.69) is 24.1 Å². The maximum absolute atomic E-state index is 14.0. The lowest BCUT2D eigenvalue weighted by Crippen LogP contribution is -2.58. The molecule has 0 aromatic heterocycles. The monoisotopic (exact) mass is 651 g/mol. The van der Waals surface area contributed by atoms with Crippen LogP contribution in [-0.2, 0) is 16.2 Å². The first-order valence-electron chi connectivity index (χ1n) is 16.9. The normalized spacial score (nSPS) is 30.5. The van der Waals surface area contributed by atoms with Crippen LogP contribution in [0.5, 0.6) is 5.75 Å². The van der Waals surface area contributed by atoms with Crippen LogP contribution in [-0.4, -0.2) is 94.6 Å². The van der Waals surface area contributed by atoms with Crippen LogP contribution in [0.25, 0.3) is 11.1 Å². The Morgan fingerprint density at radius 3 is 2.47 bits per heavy atom. The number of benzene rings is 2. The number of hydroxylamine groups is 2. The first-order valence-corrected chi connectivity index (χ1v) is 16.9. The molecule has 2 unspecified atom stereocenters. The highest BCUT2D eigenvalue weighted by Gasteiger charge is 2.54. The van der Waals surface area contributed by atoms with E-state index in [1.807, 2.05) is 24.3 Å². The number of fused-ring (bicyclic) bond motifs is 2. The van der Waals surface area contributed by atoms with E-state index in [-0.39, 0.29) is 43.3 Å². The van der Waals surface area contributed by atoms with E-state index in [1.165, 1.54) is 6.42 Å². The molecule has 0 spiro atoms. The molecule has 8 atom stereocenters. The largest absolute Gasteiger partial charge is 0.496 e. The van der Waals surface area contributed by atoms with Crippen molar-refractivity contribution in [3.8, 4) is 16.9 Å². The molecule has 2 aromatic rings. The van der Waals surface area contributed by atoms with Crippen LogP contribution in [0.1, 0.15) is 68.8 Å². The molecule has 5 aliphatic rings. The summed E-state index contributed by atoms with van der Waals surface area (Å²) in [6.45, 7) is 6.71. The first kappa shape index (κ1) is 33.7. The predicted molar refractivity (Wildman–Crippen MR) is 176 cm³/mol. The van der Waals surface area contributed by atoms with E-state index in [9.17, 15) is 30.0 Å². The number of carbonyl (C=O) groups is 2. The molecule has 7 rings (SSSR count). The number of methoxy groups -OCH3 is 1. The molecule has 3 aliphatic carbocycles. The first-order chi connectivity index (χ1) is 22.5. The highest BCUT2D eigenvalue weighted by Crippen LogP contribution is 2.59. The Bertz CT molecular complexity index is 1470. The number of amides is 1. The van der Waals surface area contributed by atoms with E-state index < -0.39 is 30.1 Å². The fraction of sp³-hybridized carbons (Fsp3) is 0.611. The number of nitrogens with one attached hydrogen (secondary N) is 1. The Labute approximate surface area is 276 Å². The van der Waals surface area contributed by atoms with E-state index in [4.69, 9.17) is 9.57 Å². The van der Waals surface area contributed by atoms with E-state index >= 15 is 0 Å². The molecule has 2 aliphatic heterocycles. The molecule has 3 saturated carbocycles. The van der Waals surface area contributed by atoms with Gasteiger partial charge in [0.25, 0.3) is 0 Å². The third-order valence-corrected chi connectivity index (χ3v) is 11.6. The van der Waals surface area contributed by atoms with Gasteiger partial charge in [0.15, 0.2) is 0 Å². The lowest BCUT2D eigenvalue weighted by Gasteiger charge is -2.59. The van der Waals surface area contributed by atoms with Crippen LogP contribution in [0.2, 0.25) is 0 Å². The number of nitrogens with zero attached hydrogens (tertiary/aromatic N) is 2. The SMILES string of the molecule is COc1c(CN2O[C@@H](CO)[C@@H]([C@H](C)O)[C@H]2C(=O)NC2CC3C[C@@H](C2)C3(C)C)cccc1-c1cc(C(=O)O)cc(N2CCC[C@@H]2CO)c1. The average molecular weight is 652 g/mol. The second-order valence-corrected chi connectivity index (χ2v) is 14.5. The summed E-state index contributed by atoms with van der Waals surface area (Å²) < 4.78 is 5.95. The standard InChI is InChI=1S/C36H49N3O8/c1-20(42)31-30(19-41)47-39(32(31)34(43)37-26-15-24-14-25(16-26)36(24,2)3)17-21-7-5-9-29(33(21)46-4)22-11-23(35(44)45)13-28(12-22)38-10-6-8-27(38)18-40/h5,7,9,11-13,20,24-27,30-32,40-42H,6,8,10,14-19H2,1-4H3,(H,37,43)(H,44,45)/t20-,24-,25?,26?,27+,30-,31+,32-/m0/s1. The van der Waals surface area contributed by atoms with Gasteiger partial charge in [0.2, 0.25) is 5.91 Å². The number of ether oxygens (including phenoxy) is 1. The summed E-state index contributed by atoms with van der Waals surface area (Å²) in [6.07, 6.45) is 3.11. The second kappa shape index (κ2) is 13.4. The molecule has 47 heavy (non-hydrogen) atoms. The third-order valence-electron chi connectivity index (χ3n) is 11.6. The Balaban J connectivity index is 1.30. The minimum absolute atomic E-state index is 0.0157. The number of aliphatic hydroxyl groups is 3. The van der Waals surface area contributed by atoms with Gasteiger partial charge in [0.1, 0.15) is 17.9 Å². The van der Waals surface area contributed by atoms with Gasteiger partial charge < -0.3 is 35.4 Å². The minimum atomic E-state index is -1.06. The molecule has 11 heteroatoms. The van der Waals surface area contributed by atoms with Gasteiger partial charge in [-0.1, -0.05) is 32.0 Å². The molecular weight excluding hydrogens is 602 g/mol. The highest BCUT2D eigenvalue weighted by molar-refractivity contribution is 5.92. The number of aliphatic hydroxyl groups excluding tert-OH is 3. The number of hydrogen-bond donors (Lipinski definition) is 5. The Morgan fingerprint density at radius 1 is 1.11 bits per heavy atom. The second-order valence-electron chi connectivity index (χ2n) is 14.5. The van der Waals surface area contributed by atoms with Gasteiger partial charge in [-0.2, -0.15) is 5.06 Å². The van der Waals surface area contributed by atoms with Crippen molar-refractivity contribution < 1.29 is 39.6 Å². The lowest BCUT2D eigenvalue weighted by atomic mass is 9.48. The van der Waals surface area contributed by atoms with Gasteiger partial charge in [-0.15, -0.1) is 0 Å². The van der Waals surface area contributed by atoms with Crippen molar-refractivity contribution in [3.63, 3.8) is 0 Å². The van der Waals surface area contributed by atoms with Crippen molar-refractivity contribution >= 4 is 17.6 Å². The highest BCUT2D eigenvalue weighted by atomic mass is 16.7. The van der Waals surface area contributed by atoms with Gasteiger partial charge in [0.05, 0.1) is 44.6 Å². The number of carbonyl (C=O) groups excluding carboxylic acids is 1. The summed E-state index contributed by atoms with van der Waals surface area (Å²) in [7, 11) is 1.55. The number of carboxylic acids is 1. The fourth-order valence-electron chi connectivity index (χ4n) is 8.75. The smallest absolute Gasteiger partial charge is 0.335 e. The number of carboxylic acid groups (broad SMARTS) is 1. The van der Waals surface area contributed by atoms with Crippen LogP contribution in [0, 0.1) is 23.2 Å². The molecule has 5 N–H and O–H groups in total. The fourth-order valence-corrected chi connectivity index (χ4v) is 8.75. The van der Waals surface area contributed by atoms with Gasteiger partial charge in [0, 0.05) is 35.3 Å². The van der Waals surface area contributed by atoms with Gasteiger partial charge in [-0.05, 0) is 80.0 Å². The molecule has 256 valence electrons. The Hall–Kier alpha value is -3.22. The summed E-state index contributed by atoms with van der Waals surface area (Å²) in [4.78, 5) is 34.4. The molecule has 2 saturated heterocycles. The third kappa shape index (κ3) is 6.24. The van der Waals surface area contributed by atoms with Gasteiger partial charge in [-0.25, -0.2) is 4.79 Å². The zero-order chi connectivity index (χ0) is 33.6. The number of para-hydroxylation sites is 1. The summed E-state index contributed by atoms with van der Waals surface area (Å²) in [6, 6.07) is 9.88. The number of hydrogen-bond acceptors (Lipinski definition) is 9. The van der Waals surface area contributed by atoms with Crippen LogP contribution in [0.15, 0.2) is 36.4 Å². The molecule has 0 radical (unpaired) electrons. The predicted octanol–water partition coefficient (Wildman–Crippen LogP) is 3.44. The Morgan fingerprint density at radius 2 is 1.85 bits per heavy atom. The summed E-state index contributed by atoms with van der Waals surface area (Å²) in [5.74, 6) is -0.285. The summed E-state index contributed by atoms with van der Waals surface area (Å²) >= 11 is 0. The minimum Gasteiger partial charge on any atom is -0.496 e. The van der Waals surface area contributed by atoms with E-state index in [1.54, 1.807) is 31.2 Å². The molecule has 2 bridgehead atoms. The number of aromatic carboxylic acids is 1. The quantitative estimate of drug-likeness (QED) is 0.244. The van der Waals surface area contributed by atoms with Gasteiger partial charge in [-0.3, -0.25) is 9.63 Å². The summed E-state index contributed by atoms with van der Waals surface area (Å²) in [5, 5.41) is 45.8. The van der Waals surface area contributed by atoms with Crippen LogP contribution < -0.4 is 15.0 Å². The maximum atomic E-state index is 14.0. The maximum Gasteiger partial charge on any atom is 0.335 e. The zero-order valence-corrected chi connectivity index (χ0v) is 27.8. The van der Waals surface area contributed by atoms with Crippen molar-refractivity contribution in [1.29, 1.82) is 0 Å². The van der Waals surface area contributed by atoms with Crippen molar-refractivity contribution in [2.75, 3.05) is 31.8 Å². The van der Waals surface area contributed by atoms with Crippen molar-refractivity contribution in [3.05, 3.63) is 47.5 Å². The summed E-state index contributed by atoms with van der Waals surface area (Å²) in [5.41, 5.74) is 3.16. The van der Waals surface area contributed by atoms with Crippen LogP contribution in [0.4, 0.5) is 5.69 Å². The molecule has 2 aromatic carbocycles.